The molecule has 6 heteroatoms. The molecule has 1 heterocycles. The molecule has 0 bridgehead atoms. The smallest absolute Gasteiger partial charge is 0.146 e. The summed E-state index contributed by atoms with van der Waals surface area (Å²) in [5.74, 6) is 0.246. The predicted molar refractivity (Wildman–Crippen MR) is 79.3 cm³/mol. The number of halogens is 3. The number of ether oxygens (including phenoxy) is 1. The molecule has 1 unspecified atom stereocenters. The Morgan fingerprint density at radius 1 is 1.32 bits per heavy atom. The zero-order valence-corrected chi connectivity index (χ0v) is 12.7. The second kappa shape index (κ2) is 5.99. The van der Waals surface area contributed by atoms with Gasteiger partial charge in [0.15, 0.2) is 0 Å². The minimum atomic E-state index is -0.343. The molecule has 2 nitrogen and oxygen atoms in total. The highest BCUT2D eigenvalue weighted by Gasteiger charge is 2.15. The van der Waals surface area contributed by atoms with Crippen molar-refractivity contribution in [1.29, 1.82) is 0 Å². The van der Waals surface area contributed by atoms with Crippen LogP contribution in [0, 0.1) is 5.82 Å². The van der Waals surface area contributed by atoms with Gasteiger partial charge in [-0.15, -0.1) is 11.3 Å². The quantitative estimate of drug-likeness (QED) is 0.817. The van der Waals surface area contributed by atoms with Crippen molar-refractivity contribution in [3.05, 3.63) is 44.3 Å². The maximum Gasteiger partial charge on any atom is 0.146 e. The first kappa shape index (κ1) is 14.4. The Labute approximate surface area is 125 Å². The van der Waals surface area contributed by atoms with E-state index in [1.807, 2.05) is 6.92 Å². The van der Waals surface area contributed by atoms with Crippen LogP contribution in [0.15, 0.2) is 24.3 Å². The Morgan fingerprint density at radius 3 is 2.63 bits per heavy atom. The summed E-state index contributed by atoms with van der Waals surface area (Å²) in [5.41, 5.74) is 1.21. The van der Waals surface area contributed by atoms with Crippen LogP contribution in [0.25, 0.3) is 0 Å². The van der Waals surface area contributed by atoms with E-state index in [1.165, 1.54) is 24.5 Å². The van der Waals surface area contributed by atoms with E-state index < -0.39 is 0 Å². The fraction of sp³-hybridized carbons (Fsp3) is 0.231. The Hall–Kier alpha value is -0.970. The van der Waals surface area contributed by atoms with Crippen LogP contribution in [0.1, 0.15) is 18.5 Å². The Morgan fingerprint density at radius 2 is 2.05 bits per heavy atom. The molecule has 0 radical (unpaired) electrons. The molecule has 102 valence electrons. The maximum absolute atomic E-state index is 13.7. The molecule has 1 aromatic heterocycles. The molecule has 0 aliphatic heterocycles. The van der Waals surface area contributed by atoms with Crippen LogP contribution in [-0.2, 0) is 0 Å². The summed E-state index contributed by atoms with van der Waals surface area (Å²) in [4.78, 5) is 0. The molecule has 0 amide bonds. The number of rotatable bonds is 4. The lowest BCUT2D eigenvalue weighted by Gasteiger charge is -2.16. The van der Waals surface area contributed by atoms with Crippen molar-refractivity contribution in [2.24, 2.45) is 0 Å². The van der Waals surface area contributed by atoms with Crippen molar-refractivity contribution in [2.45, 2.75) is 13.0 Å². The van der Waals surface area contributed by atoms with E-state index in [0.717, 1.165) is 5.56 Å². The van der Waals surface area contributed by atoms with Gasteiger partial charge in [0.05, 0.1) is 27.5 Å². The maximum atomic E-state index is 13.7. The zero-order valence-electron chi connectivity index (χ0n) is 10.3. The number of nitrogens with one attached hydrogen (secondary N) is 1. The molecule has 1 aromatic carbocycles. The van der Waals surface area contributed by atoms with E-state index in [2.05, 4.69) is 5.32 Å². The lowest BCUT2D eigenvalue weighted by Crippen LogP contribution is -2.07. The highest BCUT2D eigenvalue weighted by molar-refractivity contribution is 7.20. The van der Waals surface area contributed by atoms with Gasteiger partial charge in [-0.2, -0.15) is 0 Å². The number of hydrogen-bond acceptors (Lipinski definition) is 3. The predicted octanol–water partition coefficient (Wildman–Crippen LogP) is 5.38. The first-order valence-corrected chi connectivity index (χ1v) is 7.13. The highest BCUT2D eigenvalue weighted by atomic mass is 35.5. The second-order valence-electron chi connectivity index (χ2n) is 3.99. The Bertz CT molecular complexity index is 588. The number of benzene rings is 1. The molecule has 0 aliphatic carbocycles. The largest absolute Gasteiger partial charge is 0.497 e. The molecule has 1 N–H and O–H groups in total. The topological polar surface area (TPSA) is 21.3 Å². The molecular weight excluding hydrogens is 308 g/mol. The van der Waals surface area contributed by atoms with Gasteiger partial charge in [-0.05, 0) is 25.1 Å². The highest BCUT2D eigenvalue weighted by Crippen LogP contribution is 2.36. The van der Waals surface area contributed by atoms with Crippen molar-refractivity contribution < 1.29 is 9.13 Å². The third kappa shape index (κ3) is 3.32. The minimum Gasteiger partial charge on any atom is -0.497 e. The van der Waals surface area contributed by atoms with Gasteiger partial charge < -0.3 is 10.1 Å². The van der Waals surface area contributed by atoms with Gasteiger partial charge in [-0.25, -0.2) is 4.39 Å². The van der Waals surface area contributed by atoms with Crippen molar-refractivity contribution in [2.75, 3.05) is 12.4 Å². The first-order valence-electron chi connectivity index (χ1n) is 5.56. The number of thiophene rings is 1. The van der Waals surface area contributed by atoms with Crippen molar-refractivity contribution in [1.82, 2.24) is 0 Å². The standard InChI is InChI=1S/C13H12Cl2FNOS/c1-7(9-6-12(14)19-13(9)15)17-11-5-8(18-2)3-4-10(11)16/h3-7,17H,1-2H3. The average molecular weight is 320 g/mol. The molecule has 0 spiro atoms. The molecule has 0 saturated heterocycles. The van der Waals surface area contributed by atoms with Crippen molar-refractivity contribution in [3.8, 4) is 5.75 Å². The van der Waals surface area contributed by atoms with Gasteiger partial charge in [-0.3, -0.25) is 0 Å². The lowest BCUT2D eigenvalue weighted by atomic mass is 10.1. The van der Waals surface area contributed by atoms with Gasteiger partial charge in [-0.1, -0.05) is 23.2 Å². The minimum absolute atomic E-state index is 0.155. The molecule has 0 saturated carbocycles. The van der Waals surface area contributed by atoms with Gasteiger partial charge in [0.2, 0.25) is 0 Å². The summed E-state index contributed by atoms with van der Waals surface area (Å²) < 4.78 is 20.0. The second-order valence-corrected chi connectivity index (χ2v) is 6.28. The third-order valence-corrected chi connectivity index (χ3v) is 4.21. The van der Waals surface area contributed by atoms with Gasteiger partial charge >= 0.3 is 0 Å². The van der Waals surface area contributed by atoms with E-state index >= 15 is 0 Å². The molecule has 2 rings (SSSR count). The SMILES string of the molecule is COc1ccc(F)c(NC(C)c2cc(Cl)sc2Cl)c1. The van der Waals surface area contributed by atoms with Crippen LogP contribution < -0.4 is 10.1 Å². The van der Waals surface area contributed by atoms with Gasteiger partial charge in [0.25, 0.3) is 0 Å². The zero-order chi connectivity index (χ0) is 14.0. The van der Waals surface area contributed by atoms with Crippen LogP contribution >= 0.6 is 34.5 Å². The Kier molecular flexibility index (Phi) is 4.55. The first-order chi connectivity index (χ1) is 9.01. The van der Waals surface area contributed by atoms with Crippen LogP contribution in [0.2, 0.25) is 8.67 Å². The van der Waals surface area contributed by atoms with Crippen LogP contribution in [-0.4, -0.2) is 7.11 Å². The molecule has 0 aliphatic rings. The molecule has 0 fully saturated rings. The lowest BCUT2D eigenvalue weighted by molar-refractivity contribution is 0.414. The summed E-state index contributed by atoms with van der Waals surface area (Å²) in [7, 11) is 1.54. The van der Waals surface area contributed by atoms with E-state index in [1.54, 1.807) is 18.2 Å². The number of methoxy groups -OCH3 is 1. The fourth-order valence-electron chi connectivity index (χ4n) is 1.70. The third-order valence-electron chi connectivity index (χ3n) is 2.70. The molecule has 2 aromatic rings. The number of anilines is 1. The number of hydrogen-bond donors (Lipinski definition) is 1. The Balaban J connectivity index is 2.23. The summed E-state index contributed by atoms with van der Waals surface area (Å²) in [6, 6.07) is 6.16. The molecule has 1 atom stereocenters. The summed E-state index contributed by atoms with van der Waals surface area (Å²) >= 11 is 13.3. The van der Waals surface area contributed by atoms with Crippen LogP contribution in [0.3, 0.4) is 0 Å². The normalized spacial score (nSPS) is 12.3. The summed E-state index contributed by atoms with van der Waals surface area (Å²) in [5, 5.41) is 3.06. The summed E-state index contributed by atoms with van der Waals surface area (Å²) in [6.07, 6.45) is 0. The molecule has 19 heavy (non-hydrogen) atoms. The van der Waals surface area contributed by atoms with E-state index in [4.69, 9.17) is 27.9 Å². The van der Waals surface area contributed by atoms with Crippen molar-refractivity contribution >= 4 is 40.2 Å². The van der Waals surface area contributed by atoms with Gasteiger partial charge in [0.1, 0.15) is 11.6 Å². The van der Waals surface area contributed by atoms with E-state index in [-0.39, 0.29) is 11.9 Å². The summed E-state index contributed by atoms with van der Waals surface area (Å²) in [6.45, 7) is 1.89. The van der Waals surface area contributed by atoms with E-state index in [9.17, 15) is 4.39 Å². The average Bonchev–Trinajstić information content (AvgIpc) is 2.71. The molecular formula is C13H12Cl2FNOS. The van der Waals surface area contributed by atoms with Crippen molar-refractivity contribution in [3.63, 3.8) is 0 Å². The van der Waals surface area contributed by atoms with Crippen LogP contribution in [0.5, 0.6) is 5.75 Å². The van der Waals surface area contributed by atoms with Crippen LogP contribution in [0.4, 0.5) is 10.1 Å². The van der Waals surface area contributed by atoms with Gasteiger partial charge in [0, 0.05) is 11.6 Å². The fourth-order valence-corrected chi connectivity index (χ4v) is 3.35. The monoisotopic (exact) mass is 319 g/mol. The van der Waals surface area contributed by atoms with E-state index in [0.29, 0.717) is 20.1 Å².